The SMILES string of the molecule is O=C(c1c(Cl)cccc1Cl)N1C[C@@H](C(F)(F)F)C[C@H](C(F)(F)F)C1. The fourth-order valence-corrected chi connectivity index (χ4v) is 3.16. The summed E-state index contributed by atoms with van der Waals surface area (Å²) in [6.45, 7) is -1.73. The first-order chi connectivity index (χ1) is 10.9. The Bertz CT molecular complexity index is 588. The molecule has 0 radical (unpaired) electrons. The number of nitrogens with zero attached hydrogens (tertiary/aromatic N) is 1. The van der Waals surface area contributed by atoms with E-state index >= 15 is 0 Å². The maximum absolute atomic E-state index is 12.9. The molecule has 0 saturated carbocycles. The molecule has 0 aliphatic carbocycles. The molecule has 1 aromatic carbocycles. The van der Waals surface area contributed by atoms with Gasteiger partial charge in [0.2, 0.25) is 0 Å². The molecule has 1 aromatic rings. The molecule has 1 heterocycles. The minimum Gasteiger partial charge on any atom is -0.337 e. The van der Waals surface area contributed by atoms with Crippen LogP contribution < -0.4 is 0 Å². The number of hydrogen-bond acceptors (Lipinski definition) is 1. The van der Waals surface area contributed by atoms with Crippen LogP contribution in [0.25, 0.3) is 0 Å². The monoisotopic (exact) mass is 393 g/mol. The number of piperidine rings is 1. The summed E-state index contributed by atoms with van der Waals surface area (Å²) in [7, 11) is 0. The molecule has 2 atom stereocenters. The summed E-state index contributed by atoms with van der Waals surface area (Å²) in [5.74, 6) is -5.57. The fraction of sp³-hybridized carbons (Fsp3) is 0.500. The van der Waals surface area contributed by atoms with E-state index in [4.69, 9.17) is 23.2 Å². The van der Waals surface area contributed by atoms with Crippen molar-refractivity contribution in [2.75, 3.05) is 13.1 Å². The van der Waals surface area contributed by atoms with Gasteiger partial charge >= 0.3 is 12.4 Å². The average Bonchev–Trinajstić information content (AvgIpc) is 2.44. The number of rotatable bonds is 1. The molecule has 1 aliphatic rings. The highest BCUT2D eigenvalue weighted by atomic mass is 35.5. The van der Waals surface area contributed by atoms with E-state index in [2.05, 4.69) is 0 Å². The van der Waals surface area contributed by atoms with Crippen LogP contribution in [-0.2, 0) is 0 Å². The molecule has 0 unspecified atom stereocenters. The summed E-state index contributed by atoms with van der Waals surface area (Å²) in [5, 5.41) is -0.268. The van der Waals surface area contributed by atoms with Crippen molar-refractivity contribution in [3.8, 4) is 0 Å². The van der Waals surface area contributed by atoms with Crippen LogP contribution in [0.5, 0.6) is 0 Å². The van der Waals surface area contributed by atoms with Gasteiger partial charge in [-0.2, -0.15) is 26.3 Å². The van der Waals surface area contributed by atoms with Gasteiger partial charge in [0.05, 0.1) is 27.4 Å². The number of alkyl halides is 6. The molecule has 2 nitrogen and oxygen atoms in total. The van der Waals surface area contributed by atoms with Crippen LogP contribution in [0.4, 0.5) is 26.3 Å². The van der Waals surface area contributed by atoms with Gasteiger partial charge in [0.25, 0.3) is 5.91 Å². The third-order valence-electron chi connectivity index (χ3n) is 3.84. The van der Waals surface area contributed by atoms with Gasteiger partial charge < -0.3 is 4.90 Å². The van der Waals surface area contributed by atoms with Crippen molar-refractivity contribution in [3.05, 3.63) is 33.8 Å². The van der Waals surface area contributed by atoms with E-state index < -0.39 is 49.6 Å². The second-order valence-corrected chi connectivity index (χ2v) is 6.33. The first-order valence-electron chi connectivity index (χ1n) is 6.78. The van der Waals surface area contributed by atoms with Crippen LogP contribution in [0.15, 0.2) is 18.2 Å². The molecular weight excluding hydrogens is 383 g/mol. The predicted octanol–water partition coefficient (Wildman–Crippen LogP) is 5.20. The first-order valence-corrected chi connectivity index (χ1v) is 7.53. The van der Waals surface area contributed by atoms with Crippen molar-refractivity contribution < 1.29 is 31.1 Å². The number of halogens is 8. The standard InChI is InChI=1S/C14H11Cl2F6NO/c15-9-2-1-3-10(16)11(9)12(24)23-5-7(13(17,18)19)4-8(6-23)14(20,21)22/h1-3,7-8H,4-6H2/t7-,8-/m0/s1. The van der Waals surface area contributed by atoms with Gasteiger partial charge in [-0.15, -0.1) is 0 Å². The van der Waals surface area contributed by atoms with Crippen molar-refractivity contribution in [2.24, 2.45) is 11.8 Å². The fourth-order valence-electron chi connectivity index (χ4n) is 2.60. The van der Waals surface area contributed by atoms with E-state index in [0.29, 0.717) is 4.90 Å². The molecule has 1 aliphatic heterocycles. The first kappa shape index (κ1) is 19.2. The Kier molecular flexibility index (Phi) is 5.30. The van der Waals surface area contributed by atoms with Crippen molar-refractivity contribution >= 4 is 29.1 Å². The quantitative estimate of drug-likeness (QED) is 0.600. The molecule has 1 fully saturated rings. The molecule has 24 heavy (non-hydrogen) atoms. The lowest BCUT2D eigenvalue weighted by Crippen LogP contribution is -2.51. The smallest absolute Gasteiger partial charge is 0.337 e. The number of carbonyl (C=O) groups excluding carboxylic acids is 1. The van der Waals surface area contributed by atoms with Crippen LogP contribution in [0.1, 0.15) is 16.8 Å². The average molecular weight is 394 g/mol. The number of benzene rings is 1. The Morgan fingerprint density at radius 1 is 0.958 bits per heavy atom. The topological polar surface area (TPSA) is 20.3 Å². The highest BCUT2D eigenvalue weighted by Gasteiger charge is 2.52. The lowest BCUT2D eigenvalue weighted by Gasteiger charge is -2.39. The summed E-state index contributed by atoms with van der Waals surface area (Å²) in [6.07, 6.45) is -10.8. The number of likely N-dealkylation sites (tertiary alicyclic amines) is 1. The highest BCUT2D eigenvalue weighted by Crippen LogP contribution is 2.42. The molecule has 0 aromatic heterocycles. The maximum atomic E-state index is 12.9. The lowest BCUT2D eigenvalue weighted by molar-refractivity contribution is -0.226. The van der Waals surface area contributed by atoms with Crippen LogP contribution in [0, 0.1) is 11.8 Å². The summed E-state index contributed by atoms with van der Waals surface area (Å²) < 4.78 is 77.7. The van der Waals surface area contributed by atoms with Gasteiger partial charge in [-0.1, -0.05) is 29.3 Å². The van der Waals surface area contributed by atoms with Gasteiger partial charge in [-0.3, -0.25) is 4.79 Å². The number of carbonyl (C=O) groups is 1. The summed E-state index contributed by atoms with van der Waals surface area (Å²) >= 11 is 11.6. The molecule has 134 valence electrons. The molecule has 0 N–H and O–H groups in total. The van der Waals surface area contributed by atoms with E-state index in [-0.39, 0.29) is 15.6 Å². The van der Waals surface area contributed by atoms with Gasteiger partial charge in [0, 0.05) is 13.1 Å². The lowest BCUT2D eigenvalue weighted by atomic mass is 9.88. The third-order valence-corrected chi connectivity index (χ3v) is 4.47. The normalized spacial score (nSPS) is 22.6. The zero-order valence-electron chi connectivity index (χ0n) is 11.9. The molecule has 2 rings (SSSR count). The Labute approximate surface area is 143 Å². The maximum Gasteiger partial charge on any atom is 0.393 e. The van der Waals surface area contributed by atoms with Gasteiger partial charge in [0.1, 0.15) is 0 Å². The predicted molar refractivity (Wildman–Crippen MR) is 76.1 cm³/mol. The van der Waals surface area contributed by atoms with Crippen molar-refractivity contribution in [3.63, 3.8) is 0 Å². The van der Waals surface area contributed by atoms with Gasteiger partial charge in [-0.05, 0) is 18.6 Å². The zero-order chi connectivity index (χ0) is 18.3. The van der Waals surface area contributed by atoms with Crippen molar-refractivity contribution in [2.45, 2.75) is 18.8 Å². The summed E-state index contributed by atoms with van der Waals surface area (Å²) in [6, 6.07) is 3.98. The van der Waals surface area contributed by atoms with E-state index in [0.717, 1.165) is 0 Å². The molecule has 1 saturated heterocycles. The molecule has 1 amide bonds. The largest absolute Gasteiger partial charge is 0.393 e. The van der Waals surface area contributed by atoms with Gasteiger partial charge in [-0.25, -0.2) is 0 Å². The van der Waals surface area contributed by atoms with E-state index in [1.807, 2.05) is 0 Å². The zero-order valence-corrected chi connectivity index (χ0v) is 13.4. The molecule has 0 bridgehead atoms. The Balaban J connectivity index is 2.35. The molecule has 10 heteroatoms. The van der Waals surface area contributed by atoms with E-state index in [1.54, 1.807) is 0 Å². The Morgan fingerprint density at radius 3 is 1.75 bits per heavy atom. The minimum absolute atomic E-state index is 0.134. The molecule has 0 spiro atoms. The van der Waals surface area contributed by atoms with Gasteiger partial charge in [0.15, 0.2) is 0 Å². The Morgan fingerprint density at radius 2 is 1.38 bits per heavy atom. The molecular formula is C14H11Cl2F6NO. The highest BCUT2D eigenvalue weighted by molar-refractivity contribution is 6.39. The van der Waals surface area contributed by atoms with Crippen LogP contribution in [0.2, 0.25) is 10.0 Å². The van der Waals surface area contributed by atoms with Crippen LogP contribution in [0.3, 0.4) is 0 Å². The van der Waals surface area contributed by atoms with E-state index in [9.17, 15) is 31.1 Å². The van der Waals surface area contributed by atoms with Crippen molar-refractivity contribution in [1.29, 1.82) is 0 Å². The summed E-state index contributed by atoms with van der Waals surface area (Å²) in [5.41, 5.74) is -0.301. The minimum atomic E-state index is -4.84. The van der Waals surface area contributed by atoms with Crippen LogP contribution >= 0.6 is 23.2 Å². The summed E-state index contributed by atoms with van der Waals surface area (Å²) in [4.78, 5) is 12.9. The second kappa shape index (κ2) is 6.63. The van der Waals surface area contributed by atoms with Crippen molar-refractivity contribution in [1.82, 2.24) is 4.90 Å². The number of amides is 1. The second-order valence-electron chi connectivity index (χ2n) is 5.52. The Hall–Kier alpha value is -1.15. The van der Waals surface area contributed by atoms with E-state index in [1.165, 1.54) is 18.2 Å². The number of hydrogen-bond donors (Lipinski definition) is 0. The third kappa shape index (κ3) is 4.08. The van der Waals surface area contributed by atoms with Crippen LogP contribution in [-0.4, -0.2) is 36.2 Å².